The molecule has 0 bridgehead atoms. The second-order valence-electron chi connectivity index (χ2n) is 6.92. The maximum atomic E-state index is 12.9. The van der Waals surface area contributed by atoms with E-state index >= 15 is 0 Å². The Kier molecular flexibility index (Phi) is 5.89. The Balaban J connectivity index is 1.70. The maximum Gasteiger partial charge on any atom is 0.223 e. The molecule has 0 radical (unpaired) electrons. The summed E-state index contributed by atoms with van der Waals surface area (Å²) < 4.78 is 16.1. The summed E-state index contributed by atoms with van der Waals surface area (Å²) in [5.74, 6) is 2.57. The van der Waals surface area contributed by atoms with Gasteiger partial charge in [0.25, 0.3) is 0 Å². The minimum atomic E-state index is 0.138. The van der Waals surface area contributed by atoms with E-state index in [2.05, 4.69) is 6.92 Å². The van der Waals surface area contributed by atoms with Crippen LogP contribution in [0.4, 0.5) is 0 Å². The van der Waals surface area contributed by atoms with Crippen molar-refractivity contribution in [3.05, 3.63) is 53.1 Å². The predicted molar refractivity (Wildman–Crippen MR) is 105 cm³/mol. The Bertz CT molecular complexity index is 818. The summed E-state index contributed by atoms with van der Waals surface area (Å²) in [5, 5.41) is 0. The molecule has 2 aromatic carbocycles. The molecule has 27 heavy (non-hydrogen) atoms. The highest BCUT2D eigenvalue weighted by atomic mass is 16.5. The number of hydrogen-bond donors (Lipinski definition) is 0. The molecule has 5 nitrogen and oxygen atoms in total. The van der Waals surface area contributed by atoms with Crippen LogP contribution in [-0.4, -0.2) is 38.7 Å². The molecule has 0 fully saturated rings. The van der Waals surface area contributed by atoms with E-state index in [-0.39, 0.29) is 11.8 Å². The van der Waals surface area contributed by atoms with Crippen molar-refractivity contribution in [2.45, 2.75) is 32.2 Å². The first-order valence-electron chi connectivity index (χ1n) is 9.21. The number of benzene rings is 2. The Labute approximate surface area is 160 Å². The topological polar surface area (TPSA) is 48.0 Å². The lowest BCUT2D eigenvalue weighted by molar-refractivity contribution is -0.132. The molecular formula is C22H27NO4. The van der Waals surface area contributed by atoms with Crippen molar-refractivity contribution in [1.29, 1.82) is 0 Å². The summed E-state index contributed by atoms with van der Waals surface area (Å²) in [5.41, 5.74) is 3.46. The second-order valence-corrected chi connectivity index (χ2v) is 6.92. The van der Waals surface area contributed by atoms with Crippen LogP contribution in [0.15, 0.2) is 36.4 Å². The molecule has 1 atom stereocenters. The van der Waals surface area contributed by atoms with Gasteiger partial charge in [-0.15, -0.1) is 0 Å². The van der Waals surface area contributed by atoms with Gasteiger partial charge in [0.1, 0.15) is 5.75 Å². The minimum absolute atomic E-state index is 0.138. The van der Waals surface area contributed by atoms with Gasteiger partial charge in [-0.05, 0) is 53.3 Å². The molecule has 0 saturated carbocycles. The number of rotatable bonds is 6. The van der Waals surface area contributed by atoms with Gasteiger partial charge in [0, 0.05) is 19.5 Å². The maximum absolute atomic E-state index is 12.9. The molecule has 144 valence electrons. The SMILES string of the molecule is COc1cccc(C(C)CC(=O)N2CCc3cc(OC)c(OC)cc3C2)c1. The lowest BCUT2D eigenvalue weighted by Gasteiger charge is -2.30. The van der Waals surface area contributed by atoms with Crippen LogP contribution >= 0.6 is 0 Å². The zero-order valence-corrected chi connectivity index (χ0v) is 16.5. The van der Waals surface area contributed by atoms with Crippen molar-refractivity contribution >= 4 is 5.91 Å². The molecule has 0 N–H and O–H groups in total. The van der Waals surface area contributed by atoms with Crippen molar-refractivity contribution in [3.8, 4) is 17.2 Å². The molecule has 1 unspecified atom stereocenters. The van der Waals surface area contributed by atoms with Gasteiger partial charge in [0.2, 0.25) is 5.91 Å². The van der Waals surface area contributed by atoms with Gasteiger partial charge in [-0.25, -0.2) is 0 Å². The van der Waals surface area contributed by atoms with Crippen molar-refractivity contribution in [2.24, 2.45) is 0 Å². The Hall–Kier alpha value is -2.69. The summed E-state index contributed by atoms with van der Waals surface area (Å²) in [7, 11) is 4.93. The highest BCUT2D eigenvalue weighted by Gasteiger charge is 2.24. The van der Waals surface area contributed by atoms with Crippen LogP contribution in [0, 0.1) is 0 Å². The van der Waals surface area contributed by atoms with E-state index in [1.165, 1.54) is 5.56 Å². The zero-order chi connectivity index (χ0) is 19.4. The predicted octanol–water partition coefficient (Wildman–Crippen LogP) is 3.79. The van der Waals surface area contributed by atoms with Crippen LogP contribution in [0.3, 0.4) is 0 Å². The van der Waals surface area contributed by atoms with Gasteiger partial charge in [-0.3, -0.25) is 4.79 Å². The van der Waals surface area contributed by atoms with Crippen LogP contribution in [0.2, 0.25) is 0 Å². The van der Waals surface area contributed by atoms with Crippen LogP contribution in [0.25, 0.3) is 0 Å². The molecule has 1 amide bonds. The molecule has 1 aliphatic rings. The van der Waals surface area contributed by atoms with Crippen molar-refractivity contribution < 1.29 is 19.0 Å². The van der Waals surface area contributed by atoms with E-state index in [1.54, 1.807) is 21.3 Å². The Morgan fingerprint density at radius 1 is 1.04 bits per heavy atom. The number of ether oxygens (including phenoxy) is 3. The van der Waals surface area contributed by atoms with E-state index < -0.39 is 0 Å². The fraction of sp³-hybridized carbons (Fsp3) is 0.409. The van der Waals surface area contributed by atoms with Crippen LogP contribution < -0.4 is 14.2 Å². The number of fused-ring (bicyclic) bond motifs is 1. The summed E-state index contributed by atoms with van der Waals surface area (Å²) in [6, 6.07) is 11.9. The zero-order valence-electron chi connectivity index (χ0n) is 16.5. The first-order valence-corrected chi connectivity index (χ1v) is 9.21. The number of carbonyl (C=O) groups excluding carboxylic acids is 1. The minimum Gasteiger partial charge on any atom is -0.497 e. The quantitative estimate of drug-likeness (QED) is 0.777. The van der Waals surface area contributed by atoms with Gasteiger partial charge in [-0.1, -0.05) is 19.1 Å². The highest BCUT2D eigenvalue weighted by Crippen LogP contribution is 2.33. The summed E-state index contributed by atoms with van der Waals surface area (Å²) in [4.78, 5) is 14.8. The lowest BCUT2D eigenvalue weighted by Crippen LogP contribution is -2.36. The number of methoxy groups -OCH3 is 3. The Morgan fingerprint density at radius 3 is 2.41 bits per heavy atom. The highest BCUT2D eigenvalue weighted by molar-refractivity contribution is 5.77. The fourth-order valence-corrected chi connectivity index (χ4v) is 3.55. The Morgan fingerprint density at radius 2 is 1.74 bits per heavy atom. The summed E-state index contributed by atoms with van der Waals surface area (Å²) in [6.45, 7) is 3.42. The number of carbonyl (C=O) groups is 1. The first kappa shape index (κ1) is 19.1. The van der Waals surface area contributed by atoms with Gasteiger partial charge < -0.3 is 19.1 Å². The normalized spacial score (nSPS) is 14.3. The van der Waals surface area contributed by atoms with Gasteiger partial charge in [0.15, 0.2) is 11.5 Å². The molecular weight excluding hydrogens is 342 g/mol. The smallest absolute Gasteiger partial charge is 0.223 e. The molecule has 1 heterocycles. The molecule has 0 saturated heterocycles. The fourth-order valence-electron chi connectivity index (χ4n) is 3.55. The number of amides is 1. The standard InChI is InChI=1S/C22H27NO4/c1-15(16-6-5-7-19(11-16)25-2)10-22(24)23-9-8-17-12-20(26-3)21(27-4)13-18(17)14-23/h5-7,11-13,15H,8-10,14H2,1-4H3. The van der Waals surface area contributed by atoms with E-state index in [0.717, 1.165) is 35.6 Å². The van der Waals surface area contributed by atoms with Gasteiger partial charge in [0.05, 0.1) is 21.3 Å². The molecule has 2 aromatic rings. The summed E-state index contributed by atoms with van der Waals surface area (Å²) >= 11 is 0. The van der Waals surface area contributed by atoms with Crippen molar-refractivity contribution in [1.82, 2.24) is 4.90 Å². The molecule has 0 aliphatic carbocycles. The van der Waals surface area contributed by atoms with E-state index in [0.29, 0.717) is 18.7 Å². The van der Waals surface area contributed by atoms with Gasteiger partial charge in [-0.2, -0.15) is 0 Å². The number of hydrogen-bond acceptors (Lipinski definition) is 4. The van der Waals surface area contributed by atoms with Crippen LogP contribution in [0.1, 0.15) is 36.0 Å². The largest absolute Gasteiger partial charge is 0.497 e. The van der Waals surface area contributed by atoms with Crippen LogP contribution in [-0.2, 0) is 17.8 Å². The average Bonchev–Trinajstić information content (AvgIpc) is 2.72. The van der Waals surface area contributed by atoms with E-state index in [1.807, 2.05) is 41.3 Å². The number of nitrogens with zero attached hydrogens (tertiary/aromatic N) is 1. The second kappa shape index (κ2) is 8.33. The third-order valence-electron chi connectivity index (χ3n) is 5.21. The summed E-state index contributed by atoms with van der Waals surface area (Å²) in [6.07, 6.45) is 1.31. The van der Waals surface area contributed by atoms with Gasteiger partial charge >= 0.3 is 0 Å². The molecule has 3 rings (SSSR count). The third-order valence-corrected chi connectivity index (χ3v) is 5.21. The molecule has 5 heteroatoms. The average molecular weight is 369 g/mol. The van der Waals surface area contributed by atoms with Crippen LogP contribution in [0.5, 0.6) is 17.2 Å². The lowest BCUT2D eigenvalue weighted by atomic mass is 9.95. The third kappa shape index (κ3) is 4.18. The van der Waals surface area contributed by atoms with E-state index in [4.69, 9.17) is 14.2 Å². The monoisotopic (exact) mass is 369 g/mol. The molecule has 0 aromatic heterocycles. The van der Waals surface area contributed by atoms with Crippen molar-refractivity contribution in [2.75, 3.05) is 27.9 Å². The molecule has 1 aliphatic heterocycles. The van der Waals surface area contributed by atoms with Crippen molar-refractivity contribution in [3.63, 3.8) is 0 Å². The molecule has 0 spiro atoms. The first-order chi connectivity index (χ1) is 13.0. The van der Waals surface area contributed by atoms with E-state index in [9.17, 15) is 4.79 Å².